The number of aromatic nitrogens is 2. The highest BCUT2D eigenvalue weighted by Gasteiger charge is 2.21. The van der Waals surface area contributed by atoms with E-state index in [1.807, 2.05) is 24.3 Å². The van der Waals surface area contributed by atoms with E-state index >= 15 is 0 Å². The third kappa shape index (κ3) is 4.12. The van der Waals surface area contributed by atoms with Crippen LogP contribution in [0.4, 0.5) is 9.52 Å². The fourth-order valence-corrected chi connectivity index (χ4v) is 5.14. The molecule has 0 radical (unpaired) electrons. The lowest BCUT2D eigenvalue weighted by Gasteiger charge is -2.14. The van der Waals surface area contributed by atoms with Gasteiger partial charge in [-0.25, -0.2) is 14.4 Å². The summed E-state index contributed by atoms with van der Waals surface area (Å²) < 4.78 is 16.0. The van der Waals surface area contributed by atoms with E-state index in [2.05, 4.69) is 31.0 Å². The molecule has 31 heavy (non-hydrogen) atoms. The first-order chi connectivity index (χ1) is 15.1. The quantitative estimate of drug-likeness (QED) is 0.205. The van der Waals surface area contributed by atoms with Gasteiger partial charge in [0.2, 0.25) is 5.13 Å². The van der Waals surface area contributed by atoms with Crippen molar-refractivity contribution < 1.29 is 9.18 Å². The monoisotopic (exact) mass is 510 g/mol. The predicted molar refractivity (Wildman–Crippen MR) is 128 cm³/mol. The van der Waals surface area contributed by atoms with E-state index in [9.17, 15) is 9.18 Å². The maximum atomic E-state index is 13.4. The molecule has 152 valence electrons. The maximum Gasteiger partial charge on any atom is 0.280 e. The molecular weight excluding hydrogens is 499 g/mol. The smallest absolute Gasteiger partial charge is 0.267 e. The second-order valence-electron chi connectivity index (χ2n) is 6.56. The van der Waals surface area contributed by atoms with Crippen LogP contribution in [0.2, 0.25) is 0 Å². The molecule has 2 heterocycles. The Kier molecular flexibility index (Phi) is 5.31. The average molecular weight is 511 g/mol. The highest BCUT2D eigenvalue weighted by atomic mass is 79.9. The molecule has 0 saturated heterocycles. The van der Waals surface area contributed by atoms with Gasteiger partial charge in [-0.3, -0.25) is 4.79 Å². The van der Waals surface area contributed by atoms with Gasteiger partial charge in [-0.15, -0.1) is 11.3 Å². The number of thiazole rings is 2. The van der Waals surface area contributed by atoms with Gasteiger partial charge in [0.15, 0.2) is 0 Å². The molecule has 1 amide bonds. The minimum absolute atomic E-state index is 0.313. The van der Waals surface area contributed by atoms with Gasteiger partial charge in [0, 0.05) is 10.0 Å². The fourth-order valence-electron chi connectivity index (χ4n) is 2.95. The van der Waals surface area contributed by atoms with Crippen molar-refractivity contribution in [2.24, 2.45) is 5.10 Å². The number of anilines is 1. The highest BCUT2D eigenvalue weighted by molar-refractivity contribution is 9.10. The zero-order chi connectivity index (χ0) is 21.4. The van der Waals surface area contributed by atoms with Gasteiger partial charge in [0.05, 0.1) is 32.2 Å². The minimum atomic E-state index is -0.334. The van der Waals surface area contributed by atoms with E-state index in [1.54, 1.807) is 29.8 Å². The molecule has 0 aliphatic carbocycles. The van der Waals surface area contributed by atoms with Crippen LogP contribution in [0.15, 0.2) is 75.7 Å². The number of hydrogen-bond acceptors (Lipinski definition) is 6. The summed E-state index contributed by atoms with van der Waals surface area (Å²) in [6, 6.07) is 17.0. The number of benzene rings is 3. The molecule has 9 heteroatoms. The largest absolute Gasteiger partial charge is 0.280 e. The van der Waals surface area contributed by atoms with Crippen LogP contribution in [0, 0.1) is 5.82 Å². The first-order valence-corrected chi connectivity index (χ1v) is 11.6. The standard InChI is InChI=1S/C22H12BrFN4OS2/c23-15-4-8-18-20(10-15)31-22(27-18)28(26-11-13-1-5-16(24)6-2-13)21(29)14-3-7-17-19(9-14)30-12-25-17/h1-12H/b26-11+. The zero-order valence-electron chi connectivity index (χ0n) is 15.7. The Balaban J connectivity index is 1.57. The number of rotatable bonds is 4. The van der Waals surface area contributed by atoms with Crippen molar-refractivity contribution in [2.45, 2.75) is 0 Å². The minimum Gasteiger partial charge on any atom is -0.267 e. The number of halogens is 2. The molecule has 5 rings (SSSR count). The van der Waals surface area contributed by atoms with E-state index < -0.39 is 0 Å². The Morgan fingerprint density at radius 3 is 2.68 bits per heavy atom. The highest BCUT2D eigenvalue weighted by Crippen LogP contribution is 2.32. The third-order valence-corrected chi connectivity index (χ3v) is 6.76. The topological polar surface area (TPSA) is 58.5 Å². The molecule has 2 aromatic heterocycles. The van der Waals surface area contributed by atoms with Crippen molar-refractivity contribution in [3.63, 3.8) is 0 Å². The summed E-state index contributed by atoms with van der Waals surface area (Å²) in [5.74, 6) is -0.647. The van der Waals surface area contributed by atoms with Crippen LogP contribution in [0.3, 0.4) is 0 Å². The van der Waals surface area contributed by atoms with E-state index in [1.165, 1.54) is 46.0 Å². The van der Waals surface area contributed by atoms with Gasteiger partial charge in [-0.2, -0.15) is 10.1 Å². The summed E-state index contributed by atoms with van der Waals surface area (Å²) in [5, 5.41) is 6.14. The molecule has 0 fully saturated rings. The lowest BCUT2D eigenvalue weighted by molar-refractivity contribution is 0.0988. The Hall–Kier alpha value is -3.01. The van der Waals surface area contributed by atoms with Crippen molar-refractivity contribution in [3.05, 3.63) is 87.6 Å². The molecule has 0 spiro atoms. The van der Waals surface area contributed by atoms with Crippen LogP contribution in [-0.4, -0.2) is 22.1 Å². The SMILES string of the molecule is O=C(c1ccc2ncsc2c1)N(/N=C/c1ccc(F)cc1)c1nc2ccc(Br)cc2s1. The van der Waals surface area contributed by atoms with Crippen molar-refractivity contribution in [1.82, 2.24) is 9.97 Å². The van der Waals surface area contributed by atoms with E-state index in [0.717, 1.165) is 24.9 Å². The molecule has 0 atom stereocenters. The van der Waals surface area contributed by atoms with Crippen LogP contribution in [-0.2, 0) is 0 Å². The van der Waals surface area contributed by atoms with E-state index in [-0.39, 0.29) is 11.7 Å². The van der Waals surface area contributed by atoms with Crippen LogP contribution in [0.5, 0.6) is 0 Å². The Morgan fingerprint density at radius 2 is 1.84 bits per heavy atom. The summed E-state index contributed by atoms with van der Waals surface area (Å²) in [4.78, 5) is 22.3. The number of amides is 1. The number of fused-ring (bicyclic) bond motifs is 2. The normalized spacial score (nSPS) is 11.5. The van der Waals surface area contributed by atoms with Crippen molar-refractivity contribution in [3.8, 4) is 0 Å². The van der Waals surface area contributed by atoms with Crippen LogP contribution in [0.25, 0.3) is 20.4 Å². The lowest BCUT2D eigenvalue weighted by atomic mass is 10.2. The van der Waals surface area contributed by atoms with Gasteiger partial charge in [-0.05, 0) is 54.1 Å². The van der Waals surface area contributed by atoms with E-state index in [0.29, 0.717) is 16.3 Å². The van der Waals surface area contributed by atoms with Crippen molar-refractivity contribution >= 4 is 76.3 Å². The molecule has 3 aromatic carbocycles. The van der Waals surface area contributed by atoms with Crippen molar-refractivity contribution in [2.75, 3.05) is 5.01 Å². The lowest BCUT2D eigenvalue weighted by Crippen LogP contribution is -2.25. The first-order valence-electron chi connectivity index (χ1n) is 9.10. The van der Waals surface area contributed by atoms with Gasteiger partial charge in [0.25, 0.3) is 5.91 Å². The number of nitrogens with zero attached hydrogens (tertiary/aromatic N) is 4. The maximum absolute atomic E-state index is 13.4. The molecule has 0 N–H and O–H groups in total. The summed E-state index contributed by atoms with van der Waals surface area (Å²) in [6.07, 6.45) is 1.52. The molecular formula is C22H12BrFN4OS2. The molecule has 0 aliphatic rings. The predicted octanol–water partition coefficient (Wildman–Crippen LogP) is 6.49. The second kappa shape index (κ2) is 8.26. The fraction of sp³-hybridized carbons (Fsp3) is 0. The zero-order valence-corrected chi connectivity index (χ0v) is 18.9. The van der Waals surface area contributed by atoms with Gasteiger partial charge in [0.1, 0.15) is 5.82 Å². The molecule has 0 aliphatic heterocycles. The number of carbonyl (C=O) groups excluding carboxylic acids is 1. The molecule has 5 nitrogen and oxygen atoms in total. The average Bonchev–Trinajstić information content (AvgIpc) is 3.40. The van der Waals surface area contributed by atoms with Crippen LogP contribution < -0.4 is 5.01 Å². The Bertz CT molecular complexity index is 1450. The van der Waals surface area contributed by atoms with Gasteiger partial charge < -0.3 is 0 Å². The van der Waals surface area contributed by atoms with Crippen molar-refractivity contribution in [1.29, 1.82) is 0 Å². The summed E-state index contributed by atoms with van der Waals surface area (Å²) in [5.41, 5.74) is 4.51. The summed E-state index contributed by atoms with van der Waals surface area (Å²) in [6.45, 7) is 0. The summed E-state index contributed by atoms with van der Waals surface area (Å²) >= 11 is 6.30. The number of hydrogen-bond donors (Lipinski definition) is 0. The molecule has 0 bridgehead atoms. The molecule has 0 unspecified atom stereocenters. The third-order valence-electron chi connectivity index (χ3n) is 4.48. The number of carbonyl (C=O) groups is 1. The number of hydrazone groups is 1. The van der Waals surface area contributed by atoms with Gasteiger partial charge in [-0.1, -0.05) is 39.4 Å². The first kappa shape index (κ1) is 19.9. The van der Waals surface area contributed by atoms with Crippen LogP contribution in [0.1, 0.15) is 15.9 Å². The van der Waals surface area contributed by atoms with Crippen LogP contribution >= 0.6 is 38.6 Å². The summed E-state index contributed by atoms with van der Waals surface area (Å²) in [7, 11) is 0. The molecule has 0 saturated carbocycles. The Morgan fingerprint density at radius 1 is 1.03 bits per heavy atom. The Labute approximate surface area is 192 Å². The van der Waals surface area contributed by atoms with E-state index in [4.69, 9.17) is 0 Å². The second-order valence-corrected chi connectivity index (χ2v) is 9.37. The molecule has 5 aromatic rings. The van der Waals surface area contributed by atoms with Gasteiger partial charge >= 0.3 is 0 Å².